The van der Waals surface area contributed by atoms with Crippen molar-refractivity contribution in [3.8, 4) is 0 Å². The van der Waals surface area contributed by atoms with Crippen molar-refractivity contribution in [2.75, 3.05) is 0 Å². The maximum Gasteiger partial charge on any atom is 0.258 e. The maximum atomic E-state index is 12.1. The number of hydrogen-bond acceptors (Lipinski definition) is 4. The van der Waals surface area contributed by atoms with Crippen LogP contribution in [0.2, 0.25) is 0 Å². The van der Waals surface area contributed by atoms with Crippen molar-refractivity contribution in [1.29, 1.82) is 0 Å². The first-order valence-electron chi connectivity index (χ1n) is 6.39. The molecule has 1 N–H and O–H groups in total. The summed E-state index contributed by atoms with van der Waals surface area (Å²) in [7, 11) is 1.90. The van der Waals surface area contributed by atoms with Gasteiger partial charge in [-0.05, 0) is 26.0 Å². The number of rotatable bonds is 2. The van der Waals surface area contributed by atoms with Crippen LogP contribution in [0.5, 0.6) is 0 Å². The Morgan fingerprint density at radius 1 is 1.25 bits per heavy atom. The Labute approximate surface area is 115 Å². The molecule has 6 heteroatoms. The fourth-order valence-electron chi connectivity index (χ4n) is 2.14. The van der Waals surface area contributed by atoms with E-state index in [0.29, 0.717) is 23.1 Å². The van der Waals surface area contributed by atoms with E-state index in [9.17, 15) is 4.79 Å². The summed E-state index contributed by atoms with van der Waals surface area (Å²) >= 11 is 0. The molecule has 0 bridgehead atoms. The van der Waals surface area contributed by atoms with Gasteiger partial charge in [0.1, 0.15) is 17.5 Å². The van der Waals surface area contributed by atoms with Gasteiger partial charge in [-0.1, -0.05) is 11.6 Å². The Hall–Kier alpha value is -2.50. The first-order valence-corrected chi connectivity index (χ1v) is 6.39. The van der Waals surface area contributed by atoms with Gasteiger partial charge in [0.05, 0.1) is 17.3 Å². The number of aromatic nitrogens is 5. The van der Waals surface area contributed by atoms with Gasteiger partial charge in [0.15, 0.2) is 0 Å². The maximum absolute atomic E-state index is 12.1. The minimum absolute atomic E-state index is 0.118. The number of fused-ring (bicyclic) bond motifs is 1. The third-order valence-corrected chi connectivity index (χ3v) is 3.42. The lowest BCUT2D eigenvalue weighted by Gasteiger charge is -2.04. The van der Waals surface area contributed by atoms with Crippen LogP contribution in [-0.2, 0) is 13.5 Å². The summed E-state index contributed by atoms with van der Waals surface area (Å²) in [4.78, 5) is 19.4. The molecule has 6 nitrogen and oxygen atoms in total. The zero-order valence-corrected chi connectivity index (χ0v) is 11.6. The third kappa shape index (κ3) is 2.09. The summed E-state index contributed by atoms with van der Waals surface area (Å²) < 4.78 is 1.89. The highest BCUT2D eigenvalue weighted by atomic mass is 16.1. The van der Waals surface area contributed by atoms with Gasteiger partial charge >= 0.3 is 0 Å². The molecule has 102 valence electrons. The minimum atomic E-state index is -0.118. The van der Waals surface area contributed by atoms with Crippen molar-refractivity contribution >= 4 is 10.9 Å². The Kier molecular flexibility index (Phi) is 2.85. The Morgan fingerprint density at radius 3 is 2.75 bits per heavy atom. The Morgan fingerprint density at radius 2 is 2.05 bits per heavy atom. The Balaban J connectivity index is 2.07. The van der Waals surface area contributed by atoms with Crippen molar-refractivity contribution in [1.82, 2.24) is 24.7 Å². The quantitative estimate of drug-likeness (QED) is 0.760. The first kappa shape index (κ1) is 12.5. The zero-order chi connectivity index (χ0) is 14.3. The van der Waals surface area contributed by atoms with Crippen molar-refractivity contribution in [2.45, 2.75) is 20.3 Å². The predicted octanol–water partition coefficient (Wildman–Crippen LogP) is 1.26. The van der Waals surface area contributed by atoms with Crippen molar-refractivity contribution in [3.05, 3.63) is 51.6 Å². The first-order chi connectivity index (χ1) is 9.54. The van der Waals surface area contributed by atoms with Gasteiger partial charge in [-0.2, -0.15) is 0 Å². The Bertz CT molecular complexity index is 846. The molecule has 0 aliphatic heterocycles. The van der Waals surface area contributed by atoms with Gasteiger partial charge < -0.3 is 9.55 Å². The van der Waals surface area contributed by atoms with E-state index in [4.69, 9.17) is 0 Å². The summed E-state index contributed by atoms with van der Waals surface area (Å²) in [6, 6.07) is 5.66. The van der Waals surface area contributed by atoms with Gasteiger partial charge in [-0.25, -0.2) is 4.98 Å². The van der Waals surface area contributed by atoms with E-state index in [1.165, 1.54) is 0 Å². The van der Waals surface area contributed by atoms with Gasteiger partial charge in [0, 0.05) is 7.05 Å². The molecule has 0 atom stereocenters. The number of nitrogens with one attached hydrogen (secondary N) is 1. The molecule has 2 heterocycles. The highest BCUT2D eigenvalue weighted by molar-refractivity contribution is 5.78. The summed E-state index contributed by atoms with van der Waals surface area (Å²) in [5.41, 5.74) is 1.63. The third-order valence-electron chi connectivity index (χ3n) is 3.42. The van der Waals surface area contributed by atoms with E-state index in [2.05, 4.69) is 20.2 Å². The molecule has 0 fully saturated rings. The molecule has 0 unspecified atom stereocenters. The molecule has 0 saturated carbocycles. The summed E-state index contributed by atoms with van der Waals surface area (Å²) in [5, 5.41) is 8.70. The van der Waals surface area contributed by atoms with E-state index in [-0.39, 0.29) is 5.56 Å². The van der Waals surface area contributed by atoms with E-state index in [0.717, 1.165) is 17.2 Å². The zero-order valence-electron chi connectivity index (χ0n) is 11.6. The number of benzene rings is 1. The summed E-state index contributed by atoms with van der Waals surface area (Å²) in [6.45, 7) is 3.84. The molecule has 0 aliphatic carbocycles. The highest BCUT2D eigenvalue weighted by Gasteiger charge is 2.09. The average Bonchev–Trinajstić information content (AvgIpc) is 2.72. The standard InChI is InChI=1S/C14H15N5O/c1-8-4-5-11-10(6-8)14(20)16-12(15-11)7-13-18-17-9(2)19(13)3/h4-6H,7H2,1-3H3,(H,15,16,20). The van der Waals surface area contributed by atoms with Crippen LogP contribution in [0, 0.1) is 13.8 Å². The second kappa shape index (κ2) is 4.56. The molecule has 3 rings (SSSR count). The van der Waals surface area contributed by atoms with Crippen LogP contribution in [0.25, 0.3) is 10.9 Å². The van der Waals surface area contributed by atoms with Gasteiger partial charge in [-0.15, -0.1) is 10.2 Å². The molecular weight excluding hydrogens is 254 g/mol. The fraction of sp³-hybridized carbons (Fsp3) is 0.286. The topological polar surface area (TPSA) is 76.5 Å². The summed E-state index contributed by atoms with van der Waals surface area (Å²) in [6.07, 6.45) is 0.455. The van der Waals surface area contributed by atoms with Crippen molar-refractivity contribution in [2.24, 2.45) is 7.05 Å². The van der Waals surface area contributed by atoms with Crippen LogP contribution in [0.1, 0.15) is 23.0 Å². The number of aryl methyl sites for hydroxylation is 2. The molecular formula is C14H15N5O. The van der Waals surface area contributed by atoms with Gasteiger partial charge in [0.25, 0.3) is 5.56 Å². The monoisotopic (exact) mass is 269 g/mol. The number of nitrogens with zero attached hydrogens (tertiary/aromatic N) is 4. The second-order valence-electron chi connectivity index (χ2n) is 4.93. The van der Waals surface area contributed by atoms with Crippen LogP contribution in [0.15, 0.2) is 23.0 Å². The smallest absolute Gasteiger partial charge is 0.258 e. The van der Waals surface area contributed by atoms with Crippen LogP contribution < -0.4 is 5.56 Å². The molecule has 20 heavy (non-hydrogen) atoms. The lowest BCUT2D eigenvalue weighted by molar-refractivity contribution is 0.777. The average molecular weight is 269 g/mol. The molecule has 0 spiro atoms. The normalized spacial score (nSPS) is 11.2. The largest absolute Gasteiger partial charge is 0.318 e. The van der Waals surface area contributed by atoms with E-state index >= 15 is 0 Å². The van der Waals surface area contributed by atoms with Crippen LogP contribution in [0.4, 0.5) is 0 Å². The lowest BCUT2D eigenvalue weighted by Crippen LogP contribution is -2.13. The molecule has 0 aliphatic rings. The lowest BCUT2D eigenvalue weighted by atomic mass is 10.1. The molecule has 3 aromatic rings. The number of H-pyrrole nitrogens is 1. The second-order valence-corrected chi connectivity index (χ2v) is 4.93. The fourth-order valence-corrected chi connectivity index (χ4v) is 2.14. The number of aromatic amines is 1. The SMILES string of the molecule is Cc1ccc2nc(Cc3nnc(C)n3C)[nH]c(=O)c2c1. The van der Waals surface area contributed by atoms with Crippen LogP contribution in [-0.4, -0.2) is 24.7 Å². The minimum Gasteiger partial charge on any atom is -0.318 e. The van der Waals surface area contributed by atoms with E-state index in [1.807, 2.05) is 43.7 Å². The summed E-state index contributed by atoms with van der Waals surface area (Å²) in [5.74, 6) is 2.21. The van der Waals surface area contributed by atoms with Crippen LogP contribution >= 0.6 is 0 Å². The molecule has 0 saturated heterocycles. The predicted molar refractivity (Wildman–Crippen MR) is 75.6 cm³/mol. The van der Waals surface area contributed by atoms with E-state index in [1.54, 1.807) is 0 Å². The van der Waals surface area contributed by atoms with Crippen LogP contribution in [0.3, 0.4) is 0 Å². The highest BCUT2D eigenvalue weighted by Crippen LogP contribution is 2.11. The van der Waals surface area contributed by atoms with Gasteiger partial charge in [0.2, 0.25) is 0 Å². The molecule has 2 aromatic heterocycles. The van der Waals surface area contributed by atoms with Crippen molar-refractivity contribution < 1.29 is 0 Å². The van der Waals surface area contributed by atoms with Crippen molar-refractivity contribution in [3.63, 3.8) is 0 Å². The molecule has 0 amide bonds. The molecule has 1 aromatic carbocycles. The number of hydrogen-bond donors (Lipinski definition) is 1. The van der Waals surface area contributed by atoms with Gasteiger partial charge in [-0.3, -0.25) is 4.79 Å². The molecule has 0 radical (unpaired) electrons. The van der Waals surface area contributed by atoms with E-state index < -0.39 is 0 Å².